The van der Waals surface area contributed by atoms with E-state index in [1.165, 1.54) is 19.1 Å². The summed E-state index contributed by atoms with van der Waals surface area (Å²) in [7, 11) is 0. The Labute approximate surface area is 110 Å². The SMILES string of the molecule is CC(=O)C1CCCCN1c1cccc(F)c1[N+](=O)[O-]. The van der Waals surface area contributed by atoms with Crippen LogP contribution in [-0.4, -0.2) is 23.3 Å². The smallest absolute Gasteiger partial charge is 0.327 e. The van der Waals surface area contributed by atoms with Crippen LogP contribution in [-0.2, 0) is 4.79 Å². The first-order valence-electron chi connectivity index (χ1n) is 6.22. The Morgan fingerprint density at radius 3 is 2.84 bits per heavy atom. The van der Waals surface area contributed by atoms with Crippen LogP contribution >= 0.6 is 0 Å². The zero-order valence-electron chi connectivity index (χ0n) is 10.6. The molecule has 102 valence electrons. The summed E-state index contributed by atoms with van der Waals surface area (Å²) in [4.78, 5) is 23.6. The number of Topliss-reactive ketones (excluding diaryl/α,β-unsaturated/α-hetero) is 1. The predicted octanol–water partition coefficient (Wildman–Crippen LogP) is 2.68. The third-order valence-corrected chi connectivity index (χ3v) is 3.43. The average Bonchev–Trinajstić information content (AvgIpc) is 2.37. The lowest BCUT2D eigenvalue weighted by atomic mass is 9.98. The summed E-state index contributed by atoms with van der Waals surface area (Å²) in [6, 6.07) is 3.61. The number of ketones is 1. The molecular weight excluding hydrogens is 251 g/mol. The molecule has 1 aliphatic rings. The highest BCUT2D eigenvalue weighted by Crippen LogP contribution is 2.34. The lowest BCUT2D eigenvalue weighted by Crippen LogP contribution is -2.44. The second-order valence-corrected chi connectivity index (χ2v) is 4.68. The zero-order valence-corrected chi connectivity index (χ0v) is 10.6. The maximum absolute atomic E-state index is 13.6. The first-order chi connectivity index (χ1) is 9.02. The number of carbonyl (C=O) groups excluding carboxylic acids is 1. The molecule has 0 spiro atoms. The largest absolute Gasteiger partial charge is 0.356 e. The molecule has 0 aromatic heterocycles. The van der Waals surface area contributed by atoms with E-state index >= 15 is 0 Å². The average molecular weight is 266 g/mol. The van der Waals surface area contributed by atoms with E-state index in [-0.39, 0.29) is 11.5 Å². The Balaban J connectivity index is 2.47. The van der Waals surface area contributed by atoms with Crippen molar-refractivity contribution in [3.8, 4) is 0 Å². The number of nitro benzene ring substituents is 1. The highest BCUT2D eigenvalue weighted by Gasteiger charge is 2.32. The van der Waals surface area contributed by atoms with Gasteiger partial charge in [-0.1, -0.05) is 6.07 Å². The normalized spacial score (nSPS) is 19.3. The standard InChI is InChI=1S/C13H15FN2O3/c1-9(17)11-6-2-3-8-15(11)12-7-4-5-10(14)13(12)16(18)19/h4-5,7,11H,2-3,6,8H2,1H3. The van der Waals surface area contributed by atoms with Crippen molar-refractivity contribution >= 4 is 17.2 Å². The minimum absolute atomic E-state index is 0.0433. The number of piperidine rings is 1. The van der Waals surface area contributed by atoms with E-state index in [0.29, 0.717) is 13.0 Å². The first kappa shape index (κ1) is 13.5. The van der Waals surface area contributed by atoms with Gasteiger partial charge in [0.15, 0.2) is 5.78 Å². The molecule has 1 atom stereocenters. The van der Waals surface area contributed by atoms with Gasteiger partial charge in [0.1, 0.15) is 5.69 Å². The van der Waals surface area contributed by atoms with Gasteiger partial charge < -0.3 is 4.90 Å². The highest BCUT2D eigenvalue weighted by molar-refractivity contribution is 5.86. The van der Waals surface area contributed by atoms with Crippen LogP contribution in [0, 0.1) is 15.9 Å². The molecule has 1 fully saturated rings. The number of hydrogen-bond acceptors (Lipinski definition) is 4. The van der Waals surface area contributed by atoms with Crippen molar-refractivity contribution in [1.82, 2.24) is 0 Å². The minimum Gasteiger partial charge on any atom is -0.356 e. The molecule has 19 heavy (non-hydrogen) atoms. The van der Waals surface area contributed by atoms with Gasteiger partial charge in [-0.05, 0) is 38.3 Å². The fraction of sp³-hybridized carbons (Fsp3) is 0.462. The molecule has 1 aromatic rings. The first-order valence-corrected chi connectivity index (χ1v) is 6.22. The molecule has 0 aliphatic carbocycles. The Morgan fingerprint density at radius 1 is 1.47 bits per heavy atom. The Morgan fingerprint density at radius 2 is 2.21 bits per heavy atom. The van der Waals surface area contributed by atoms with Crippen LogP contribution in [0.2, 0.25) is 0 Å². The van der Waals surface area contributed by atoms with Gasteiger partial charge in [0.25, 0.3) is 0 Å². The second kappa shape index (κ2) is 5.34. The number of nitro groups is 1. The van der Waals surface area contributed by atoms with Gasteiger partial charge in [-0.15, -0.1) is 0 Å². The molecule has 1 heterocycles. The fourth-order valence-corrected chi connectivity index (χ4v) is 2.56. The molecular formula is C13H15FN2O3. The van der Waals surface area contributed by atoms with Crippen molar-refractivity contribution in [1.29, 1.82) is 0 Å². The van der Waals surface area contributed by atoms with Crippen molar-refractivity contribution in [2.45, 2.75) is 32.2 Å². The topological polar surface area (TPSA) is 63.5 Å². The van der Waals surface area contributed by atoms with Gasteiger partial charge >= 0.3 is 5.69 Å². The number of rotatable bonds is 3. The molecule has 2 rings (SSSR count). The lowest BCUT2D eigenvalue weighted by Gasteiger charge is -2.35. The van der Waals surface area contributed by atoms with Crippen LogP contribution in [0.5, 0.6) is 0 Å². The third-order valence-electron chi connectivity index (χ3n) is 3.43. The number of hydrogen-bond donors (Lipinski definition) is 0. The van der Waals surface area contributed by atoms with E-state index in [4.69, 9.17) is 0 Å². The van der Waals surface area contributed by atoms with Gasteiger partial charge in [0, 0.05) is 6.54 Å². The zero-order chi connectivity index (χ0) is 14.0. The van der Waals surface area contributed by atoms with Crippen LogP contribution < -0.4 is 4.90 Å². The number of para-hydroxylation sites is 1. The fourth-order valence-electron chi connectivity index (χ4n) is 2.56. The molecule has 1 saturated heterocycles. The van der Waals surface area contributed by atoms with Gasteiger partial charge in [-0.25, -0.2) is 0 Å². The van der Waals surface area contributed by atoms with Crippen LogP contribution in [0.25, 0.3) is 0 Å². The highest BCUT2D eigenvalue weighted by atomic mass is 19.1. The minimum atomic E-state index is -0.865. The predicted molar refractivity (Wildman–Crippen MR) is 68.7 cm³/mol. The van der Waals surface area contributed by atoms with E-state index in [2.05, 4.69) is 0 Å². The molecule has 0 saturated carbocycles. The molecule has 0 radical (unpaired) electrons. The summed E-state index contributed by atoms with van der Waals surface area (Å²) in [6.45, 7) is 2.00. The maximum atomic E-state index is 13.6. The van der Waals surface area contributed by atoms with E-state index in [0.717, 1.165) is 18.9 Å². The van der Waals surface area contributed by atoms with E-state index in [1.807, 2.05) is 0 Å². The van der Waals surface area contributed by atoms with Crippen LogP contribution in [0.4, 0.5) is 15.8 Å². The Hall–Kier alpha value is -1.98. The summed E-state index contributed by atoms with van der Waals surface area (Å²) >= 11 is 0. The van der Waals surface area contributed by atoms with Crippen LogP contribution in [0.15, 0.2) is 18.2 Å². The summed E-state index contributed by atoms with van der Waals surface area (Å²) in [6.07, 6.45) is 2.41. The van der Waals surface area contributed by atoms with Crippen molar-refractivity contribution in [2.75, 3.05) is 11.4 Å². The summed E-state index contributed by atoms with van der Waals surface area (Å²) in [5.41, 5.74) is -0.347. The Kier molecular flexibility index (Phi) is 3.78. The quantitative estimate of drug-likeness (QED) is 0.623. The van der Waals surface area contributed by atoms with Crippen molar-refractivity contribution in [2.24, 2.45) is 0 Å². The number of nitrogens with zero attached hydrogens (tertiary/aromatic N) is 2. The van der Waals surface area contributed by atoms with Crippen LogP contribution in [0.1, 0.15) is 26.2 Å². The van der Waals surface area contributed by atoms with Gasteiger partial charge in [-0.2, -0.15) is 4.39 Å². The molecule has 6 heteroatoms. The number of carbonyl (C=O) groups is 1. The lowest BCUT2D eigenvalue weighted by molar-refractivity contribution is -0.386. The van der Waals surface area contributed by atoms with Gasteiger partial charge in [-0.3, -0.25) is 14.9 Å². The van der Waals surface area contributed by atoms with Gasteiger partial charge in [0.05, 0.1) is 11.0 Å². The molecule has 0 bridgehead atoms. The summed E-state index contributed by atoms with van der Waals surface area (Å²) < 4.78 is 13.6. The van der Waals surface area contributed by atoms with Crippen molar-refractivity contribution < 1.29 is 14.1 Å². The summed E-state index contributed by atoms with van der Waals surface area (Å²) in [5, 5.41) is 11.0. The molecule has 0 amide bonds. The maximum Gasteiger partial charge on any atom is 0.327 e. The van der Waals surface area contributed by atoms with Crippen LogP contribution in [0.3, 0.4) is 0 Å². The summed E-state index contributed by atoms with van der Waals surface area (Å²) in [5.74, 6) is -0.909. The van der Waals surface area contributed by atoms with Crippen molar-refractivity contribution in [3.05, 3.63) is 34.1 Å². The van der Waals surface area contributed by atoms with E-state index in [9.17, 15) is 19.3 Å². The molecule has 1 unspecified atom stereocenters. The molecule has 1 aliphatic heterocycles. The van der Waals surface area contributed by atoms with Gasteiger partial charge in [0.2, 0.25) is 5.82 Å². The third kappa shape index (κ3) is 2.57. The van der Waals surface area contributed by atoms with E-state index in [1.54, 1.807) is 4.90 Å². The monoisotopic (exact) mass is 266 g/mol. The van der Waals surface area contributed by atoms with Crippen molar-refractivity contribution in [3.63, 3.8) is 0 Å². The number of benzene rings is 1. The van der Waals surface area contributed by atoms with E-state index < -0.39 is 22.5 Å². The molecule has 5 nitrogen and oxygen atoms in total. The number of halogens is 1. The molecule has 0 N–H and O–H groups in total. The Bertz CT molecular complexity index is 519. The number of anilines is 1. The molecule has 1 aromatic carbocycles. The second-order valence-electron chi connectivity index (χ2n) is 4.68.